The van der Waals surface area contributed by atoms with E-state index < -0.39 is 10.0 Å². The van der Waals surface area contributed by atoms with Crippen molar-refractivity contribution in [3.63, 3.8) is 0 Å². The second-order valence-electron chi connectivity index (χ2n) is 6.34. The van der Waals surface area contributed by atoms with Crippen LogP contribution in [0.4, 0.5) is 5.69 Å². The first-order chi connectivity index (χ1) is 11.7. The molecule has 0 saturated carbocycles. The van der Waals surface area contributed by atoms with Crippen molar-refractivity contribution in [3.8, 4) is 0 Å². The van der Waals surface area contributed by atoms with E-state index in [1.165, 1.54) is 11.4 Å². The topological polar surface area (TPSA) is 66.5 Å². The molecule has 0 fully saturated rings. The van der Waals surface area contributed by atoms with E-state index in [4.69, 9.17) is 0 Å². The SMILES string of the molecule is CC(C)[C@H](C)NC(=O)c1ccc(N(C)S(=O)(=O)c2ccccc2)cc1. The minimum absolute atomic E-state index is 0.0632. The summed E-state index contributed by atoms with van der Waals surface area (Å²) >= 11 is 0. The number of hydrogen-bond acceptors (Lipinski definition) is 3. The van der Waals surface area contributed by atoms with E-state index in [1.807, 2.05) is 20.8 Å². The highest BCUT2D eigenvalue weighted by Gasteiger charge is 2.21. The Bertz CT molecular complexity index is 816. The second-order valence-corrected chi connectivity index (χ2v) is 8.31. The van der Waals surface area contributed by atoms with Crippen LogP contribution in [0.15, 0.2) is 59.5 Å². The fraction of sp³-hybridized carbons (Fsp3) is 0.316. The molecule has 1 amide bonds. The van der Waals surface area contributed by atoms with E-state index in [-0.39, 0.29) is 16.8 Å². The van der Waals surface area contributed by atoms with Crippen LogP contribution in [0.25, 0.3) is 0 Å². The number of carbonyl (C=O) groups is 1. The van der Waals surface area contributed by atoms with Crippen molar-refractivity contribution in [2.75, 3.05) is 11.4 Å². The molecule has 2 aromatic rings. The zero-order valence-electron chi connectivity index (χ0n) is 14.9. The first-order valence-corrected chi connectivity index (χ1v) is 9.62. The van der Waals surface area contributed by atoms with Gasteiger partial charge in [0.15, 0.2) is 0 Å². The molecule has 0 bridgehead atoms. The highest BCUT2D eigenvalue weighted by Crippen LogP contribution is 2.22. The molecule has 0 heterocycles. The third kappa shape index (κ3) is 4.39. The smallest absolute Gasteiger partial charge is 0.264 e. The van der Waals surface area contributed by atoms with Crippen LogP contribution < -0.4 is 9.62 Å². The van der Waals surface area contributed by atoms with Gasteiger partial charge in [-0.3, -0.25) is 9.10 Å². The normalized spacial score (nSPS) is 12.7. The summed E-state index contributed by atoms with van der Waals surface area (Å²) in [5.41, 5.74) is 0.999. The average Bonchev–Trinajstić information content (AvgIpc) is 2.61. The van der Waals surface area contributed by atoms with Gasteiger partial charge in [-0.1, -0.05) is 32.0 Å². The summed E-state index contributed by atoms with van der Waals surface area (Å²) in [5, 5.41) is 2.93. The van der Waals surface area contributed by atoms with Crippen molar-refractivity contribution in [1.29, 1.82) is 0 Å². The molecule has 2 rings (SSSR count). The lowest BCUT2D eigenvalue weighted by Gasteiger charge is -2.20. The summed E-state index contributed by atoms with van der Waals surface area (Å²) in [4.78, 5) is 12.4. The highest BCUT2D eigenvalue weighted by molar-refractivity contribution is 7.92. The van der Waals surface area contributed by atoms with E-state index in [0.29, 0.717) is 17.2 Å². The fourth-order valence-corrected chi connectivity index (χ4v) is 3.39. The van der Waals surface area contributed by atoms with Gasteiger partial charge in [0.1, 0.15) is 0 Å². The van der Waals surface area contributed by atoms with Crippen molar-refractivity contribution in [3.05, 3.63) is 60.2 Å². The van der Waals surface area contributed by atoms with E-state index in [0.717, 1.165) is 0 Å². The van der Waals surface area contributed by atoms with Gasteiger partial charge in [-0.25, -0.2) is 8.42 Å². The molecule has 0 aromatic heterocycles. The molecule has 134 valence electrons. The Morgan fingerprint density at radius 3 is 2.04 bits per heavy atom. The number of carbonyl (C=O) groups excluding carboxylic acids is 1. The molecular weight excluding hydrogens is 336 g/mol. The van der Waals surface area contributed by atoms with E-state index in [9.17, 15) is 13.2 Å². The Labute approximate surface area is 149 Å². The van der Waals surface area contributed by atoms with Crippen LogP contribution in [0, 0.1) is 5.92 Å². The molecule has 1 atom stereocenters. The van der Waals surface area contributed by atoms with Crippen LogP contribution in [0.5, 0.6) is 0 Å². The van der Waals surface area contributed by atoms with Gasteiger partial charge in [0.2, 0.25) is 0 Å². The number of nitrogens with zero attached hydrogens (tertiary/aromatic N) is 1. The Kier molecular flexibility index (Phi) is 5.85. The van der Waals surface area contributed by atoms with Gasteiger partial charge in [-0.2, -0.15) is 0 Å². The van der Waals surface area contributed by atoms with Crippen LogP contribution in [0.3, 0.4) is 0 Å². The lowest BCUT2D eigenvalue weighted by atomic mass is 10.1. The van der Waals surface area contributed by atoms with Crippen LogP contribution >= 0.6 is 0 Å². The molecule has 6 heteroatoms. The maximum atomic E-state index is 12.6. The maximum absolute atomic E-state index is 12.6. The van der Waals surface area contributed by atoms with Crippen molar-refractivity contribution in [1.82, 2.24) is 5.32 Å². The number of amides is 1. The third-order valence-corrected chi connectivity index (χ3v) is 6.05. The van der Waals surface area contributed by atoms with E-state index in [2.05, 4.69) is 5.32 Å². The standard InChI is InChI=1S/C19H24N2O3S/c1-14(2)15(3)20-19(22)16-10-12-17(13-11-16)21(4)25(23,24)18-8-6-5-7-9-18/h5-15H,1-4H3,(H,20,22)/t15-/m0/s1. The molecule has 25 heavy (non-hydrogen) atoms. The molecule has 0 radical (unpaired) electrons. The van der Waals surface area contributed by atoms with E-state index in [1.54, 1.807) is 54.6 Å². The van der Waals surface area contributed by atoms with Gasteiger partial charge in [0.05, 0.1) is 10.6 Å². The fourth-order valence-electron chi connectivity index (χ4n) is 2.17. The Morgan fingerprint density at radius 2 is 1.52 bits per heavy atom. The van der Waals surface area contributed by atoms with Gasteiger partial charge >= 0.3 is 0 Å². The van der Waals surface area contributed by atoms with Crippen molar-refractivity contribution in [2.45, 2.75) is 31.7 Å². The predicted molar refractivity (Wildman–Crippen MR) is 100 cm³/mol. The number of hydrogen-bond donors (Lipinski definition) is 1. The van der Waals surface area contributed by atoms with Crippen molar-refractivity contribution in [2.24, 2.45) is 5.92 Å². The van der Waals surface area contributed by atoms with Crippen LogP contribution in [-0.4, -0.2) is 27.4 Å². The molecule has 0 aliphatic carbocycles. The summed E-state index contributed by atoms with van der Waals surface area (Å²) in [7, 11) is -2.12. The molecular formula is C19H24N2O3S. The molecule has 0 spiro atoms. The summed E-state index contributed by atoms with van der Waals surface area (Å²) in [5.74, 6) is 0.173. The number of anilines is 1. The Hall–Kier alpha value is -2.34. The highest BCUT2D eigenvalue weighted by atomic mass is 32.2. The molecule has 2 aromatic carbocycles. The first-order valence-electron chi connectivity index (χ1n) is 8.18. The second kappa shape index (κ2) is 7.70. The number of nitrogens with one attached hydrogen (secondary N) is 1. The quantitative estimate of drug-likeness (QED) is 0.860. The Morgan fingerprint density at radius 1 is 0.960 bits per heavy atom. The van der Waals surface area contributed by atoms with Gasteiger partial charge < -0.3 is 5.32 Å². The molecule has 0 aliphatic rings. The summed E-state index contributed by atoms with van der Waals surface area (Å²) in [6, 6.07) is 14.8. The third-order valence-electron chi connectivity index (χ3n) is 4.25. The minimum atomic E-state index is -3.62. The van der Waals surface area contributed by atoms with Crippen LogP contribution in [0.2, 0.25) is 0 Å². The van der Waals surface area contributed by atoms with Crippen LogP contribution in [-0.2, 0) is 10.0 Å². The predicted octanol–water partition coefficient (Wildman–Crippen LogP) is 3.29. The Balaban J connectivity index is 2.18. The summed E-state index contributed by atoms with van der Waals surface area (Å²) < 4.78 is 26.4. The lowest BCUT2D eigenvalue weighted by molar-refractivity contribution is 0.0930. The van der Waals surface area contributed by atoms with Gasteiger partial charge in [-0.05, 0) is 49.2 Å². The number of rotatable bonds is 6. The number of sulfonamides is 1. The summed E-state index contributed by atoms with van der Waals surface area (Å²) in [6.07, 6.45) is 0. The first kappa shape index (κ1) is 19.0. The maximum Gasteiger partial charge on any atom is 0.264 e. The largest absolute Gasteiger partial charge is 0.349 e. The minimum Gasteiger partial charge on any atom is -0.349 e. The molecule has 0 saturated heterocycles. The van der Waals surface area contributed by atoms with Crippen LogP contribution in [0.1, 0.15) is 31.1 Å². The molecule has 0 unspecified atom stereocenters. The van der Waals surface area contributed by atoms with Gasteiger partial charge in [-0.15, -0.1) is 0 Å². The lowest BCUT2D eigenvalue weighted by Crippen LogP contribution is -2.36. The number of benzene rings is 2. The van der Waals surface area contributed by atoms with Crippen molar-refractivity contribution >= 4 is 21.6 Å². The van der Waals surface area contributed by atoms with Gasteiger partial charge in [0.25, 0.3) is 15.9 Å². The zero-order chi connectivity index (χ0) is 18.6. The van der Waals surface area contributed by atoms with Crippen molar-refractivity contribution < 1.29 is 13.2 Å². The summed E-state index contributed by atoms with van der Waals surface area (Å²) in [6.45, 7) is 6.03. The van der Waals surface area contributed by atoms with E-state index >= 15 is 0 Å². The zero-order valence-corrected chi connectivity index (χ0v) is 15.7. The molecule has 5 nitrogen and oxygen atoms in total. The monoisotopic (exact) mass is 360 g/mol. The average molecular weight is 360 g/mol. The molecule has 0 aliphatic heterocycles. The van der Waals surface area contributed by atoms with Gasteiger partial charge in [0, 0.05) is 18.7 Å². The molecule has 1 N–H and O–H groups in total.